The molecule has 0 aromatic carbocycles. The summed E-state index contributed by atoms with van der Waals surface area (Å²) in [5, 5.41) is 11.8. The molecule has 456 valence electrons. The van der Waals surface area contributed by atoms with Gasteiger partial charge in [-0.1, -0.05) is 270 Å². The van der Waals surface area contributed by atoms with Crippen LogP contribution in [0.4, 0.5) is 0 Å². The molecule has 0 saturated heterocycles. The van der Waals surface area contributed by atoms with Crippen molar-refractivity contribution in [3.05, 3.63) is 122 Å². The highest BCUT2D eigenvalue weighted by Crippen LogP contribution is 2.16. The second kappa shape index (κ2) is 60.8. The molecule has 9 nitrogen and oxygen atoms in total. The monoisotopic (exact) mass is 1110 g/mol. The van der Waals surface area contributed by atoms with Gasteiger partial charge in [-0.25, -0.2) is 0 Å². The predicted octanol–water partition coefficient (Wildman–Crippen LogP) is 18.3. The third-order valence-corrected chi connectivity index (χ3v) is 13.5. The average Bonchev–Trinajstić information content (AvgIpc) is 3.43. The van der Waals surface area contributed by atoms with Crippen LogP contribution in [0.5, 0.6) is 0 Å². The molecule has 0 saturated carbocycles. The number of carbonyl (C=O) groups is 3. The minimum Gasteiger partial charge on any atom is -0.545 e. The Kier molecular flexibility index (Phi) is 57.5. The van der Waals surface area contributed by atoms with Crippen molar-refractivity contribution in [1.82, 2.24) is 0 Å². The van der Waals surface area contributed by atoms with Gasteiger partial charge in [-0.05, 0) is 89.9 Å². The summed E-state index contributed by atoms with van der Waals surface area (Å²) in [7, 11) is 5.92. The number of ether oxygens (including phenoxy) is 4. The lowest BCUT2D eigenvalue weighted by molar-refractivity contribution is -0.870. The first kappa shape index (κ1) is 75.7. The normalized spacial score (nSPS) is 13.6. The topological polar surface area (TPSA) is 111 Å². The highest BCUT2D eigenvalue weighted by molar-refractivity contribution is 5.70. The molecule has 0 aromatic rings. The SMILES string of the molecule is CC/C=C\C/C=C\C/C=C\C/C=C\C/C=C\C/C=C\C/C=C\C/C=C\C/C=C\C/C=C\CCCCCCCCCCCCC(=O)OC(COC(=O)CCCCCCCCCCCCCCCC)COC(OCC[N+](C)(C)C)C(=O)[O-]. The first-order valence-electron chi connectivity index (χ1n) is 32.2. The van der Waals surface area contributed by atoms with E-state index in [0.29, 0.717) is 23.9 Å². The van der Waals surface area contributed by atoms with E-state index in [1.54, 1.807) is 0 Å². The summed E-state index contributed by atoms with van der Waals surface area (Å²) in [6, 6.07) is 0. The second-order valence-electron chi connectivity index (χ2n) is 22.3. The van der Waals surface area contributed by atoms with Crippen LogP contribution in [0.25, 0.3) is 0 Å². The van der Waals surface area contributed by atoms with E-state index in [2.05, 4.69) is 135 Å². The van der Waals surface area contributed by atoms with Crippen molar-refractivity contribution in [2.24, 2.45) is 0 Å². The molecule has 0 bridgehead atoms. The molecular formula is C71H119NO8. The van der Waals surface area contributed by atoms with Crippen molar-refractivity contribution >= 4 is 17.9 Å². The van der Waals surface area contributed by atoms with Crippen LogP contribution in [0.15, 0.2) is 122 Å². The highest BCUT2D eigenvalue weighted by atomic mass is 16.7. The molecular weight excluding hydrogens is 995 g/mol. The van der Waals surface area contributed by atoms with E-state index < -0.39 is 24.3 Å². The molecule has 0 radical (unpaired) electrons. The quantitative estimate of drug-likeness (QED) is 0.0195. The van der Waals surface area contributed by atoms with Crippen molar-refractivity contribution in [1.29, 1.82) is 0 Å². The van der Waals surface area contributed by atoms with Crippen LogP contribution in [0.3, 0.4) is 0 Å². The molecule has 0 aromatic heterocycles. The molecule has 2 atom stereocenters. The summed E-state index contributed by atoms with van der Waals surface area (Å²) in [4.78, 5) is 37.3. The number of allylic oxidation sites excluding steroid dienone is 20. The zero-order valence-electron chi connectivity index (χ0n) is 51.9. The summed E-state index contributed by atoms with van der Waals surface area (Å²) in [5.74, 6) is -2.29. The fourth-order valence-electron chi connectivity index (χ4n) is 8.56. The number of hydrogen-bond donors (Lipinski definition) is 0. The Bertz CT molecular complexity index is 1730. The van der Waals surface area contributed by atoms with Crippen LogP contribution in [-0.2, 0) is 33.3 Å². The number of nitrogens with zero attached hydrogens (tertiary/aromatic N) is 1. The van der Waals surface area contributed by atoms with Crippen LogP contribution < -0.4 is 5.11 Å². The van der Waals surface area contributed by atoms with Crippen LogP contribution in [0.2, 0.25) is 0 Å². The zero-order chi connectivity index (χ0) is 58.3. The van der Waals surface area contributed by atoms with Crippen LogP contribution >= 0.6 is 0 Å². The molecule has 0 rings (SSSR count). The third kappa shape index (κ3) is 61.3. The minimum absolute atomic E-state index is 0.143. The van der Waals surface area contributed by atoms with Gasteiger partial charge in [0.15, 0.2) is 12.4 Å². The van der Waals surface area contributed by atoms with Gasteiger partial charge >= 0.3 is 11.9 Å². The van der Waals surface area contributed by atoms with Crippen molar-refractivity contribution in [3.8, 4) is 0 Å². The summed E-state index contributed by atoms with van der Waals surface area (Å²) in [6.07, 6.45) is 82.6. The van der Waals surface area contributed by atoms with E-state index in [-0.39, 0.29) is 32.2 Å². The Morgan fingerprint density at radius 2 is 0.713 bits per heavy atom. The Morgan fingerprint density at radius 1 is 0.388 bits per heavy atom. The van der Waals surface area contributed by atoms with Gasteiger partial charge in [-0.3, -0.25) is 9.59 Å². The number of carbonyl (C=O) groups excluding carboxylic acids is 3. The van der Waals surface area contributed by atoms with Crippen molar-refractivity contribution in [3.63, 3.8) is 0 Å². The van der Waals surface area contributed by atoms with Crippen LogP contribution in [-0.4, -0.2) is 82.3 Å². The second-order valence-corrected chi connectivity index (χ2v) is 22.3. The molecule has 0 amide bonds. The number of likely N-dealkylation sites (N-methyl/N-ethyl adjacent to an activating group) is 1. The number of quaternary nitrogens is 1. The van der Waals surface area contributed by atoms with Gasteiger partial charge in [0.25, 0.3) is 0 Å². The first-order valence-corrected chi connectivity index (χ1v) is 32.2. The molecule has 0 N–H and O–H groups in total. The van der Waals surface area contributed by atoms with Crippen LogP contribution in [0.1, 0.15) is 251 Å². The highest BCUT2D eigenvalue weighted by Gasteiger charge is 2.22. The molecule has 0 spiro atoms. The van der Waals surface area contributed by atoms with Gasteiger partial charge in [0.1, 0.15) is 13.2 Å². The molecule has 9 heteroatoms. The molecule has 0 aliphatic heterocycles. The summed E-state index contributed by atoms with van der Waals surface area (Å²) < 4.78 is 22.7. The Morgan fingerprint density at radius 3 is 1.06 bits per heavy atom. The Hall–Kier alpha value is -4.31. The van der Waals surface area contributed by atoms with Crippen LogP contribution in [0, 0.1) is 0 Å². The predicted molar refractivity (Wildman–Crippen MR) is 338 cm³/mol. The van der Waals surface area contributed by atoms with E-state index in [0.717, 1.165) is 109 Å². The Balaban J connectivity index is 4.12. The smallest absolute Gasteiger partial charge is 0.306 e. The summed E-state index contributed by atoms with van der Waals surface area (Å²) in [6.45, 7) is 4.63. The maximum Gasteiger partial charge on any atom is 0.306 e. The zero-order valence-corrected chi connectivity index (χ0v) is 51.9. The number of carboxylic acids is 1. The number of aliphatic carboxylic acids is 1. The molecule has 0 aliphatic carbocycles. The van der Waals surface area contributed by atoms with Crippen molar-refractivity contribution < 1.29 is 42.9 Å². The third-order valence-electron chi connectivity index (χ3n) is 13.5. The Labute approximate surface area is 491 Å². The lowest BCUT2D eigenvalue weighted by Gasteiger charge is -2.26. The van der Waals surface area contributed by atoms with Gasteiger partial charge in [-0.2, -0.15) is 0 Å². The van der Waals surface area contributed by atoms with Gasteiger partial charge < -0.3 is 33.3 Å². The first-order chi connectivity index (χ1) is 39.1. The largest absolute Gasteiger partial charge is 0.545 e. The van der Waals surface area contributed by atoms with Gasteiger partial charge in [0.2, 0.25) is 0 Å². The van der Waals surface area contributed by atoms with E-state index in [9.17, 15) is 19.5 Å². The van der Waals surface area contributed by atoms with Gasteiger partial charge in [0, 0.05) is 12.8 Å². The average molecular weight is 1110 g/mol. The maximum atomic E-state index is 12.9. The minimum atomic E-state index is -1.63. The van der Waals surface area contributed by atoms with E-state index in [4.69, 9.17) is 18.9 Å². The lowest BCUT2D eigenvalue weighted by Crippen LogP contribution is -2.44. The number of unbranched alkanes of at least 4 members (excludes halogenated alkanes) is 23. The number of esters is 2. The number of hydrogen-bond acceptors (Lipinski definition) is 8. The van der Waals surface area contributed by atoms with E-state index >= 15 is 0 Å². The van der Waals surface area contributed by atoms with Gasteiger partial charge in [0.05, 0.1) is 40.3 Å². The fraction of sp³-hybridized carbons (Fsp3) is 0.676. The van der Waals surface area contributed by atoms with E-state index in [1.807, 2.05) is 21.1 Å². The molecule has 0 heterocycles. The van der Waals surface area contributed by atoms with E-state index in [1.165, 1.54) is 109 Å². The van der Waals surface area contributed by atoms with Gasteiger partial charge in [-0.15, -0.1) is 0 Å². The summed E-state index contributed by atoms with van der Waals surface area (Å²) >= 11 is 0. The number of carboxylic acid groups (broad SMARTS) is 1. The van der Waals surface area contributed by atoms with Crippen molar-refractivity contribution in [2.45, 2.75) is 264 Å². The lowest BCUT2D eigenvalue weighted by atomic mass is 10.0. The molecule has 2 unspecified atom stereocenters. The molecule has 0 fully saturated rings. The fourth-order valence-corrected chi connectivity index (χ4v) is 8.56. The maximum absolute atomic E-state index is 12.9. The molecule has 80 heavy (non-hydrogen) atoms. The molecule has 0 aliphatic rings. The number of rotatable bonds is 58. The standard InChI is InChI=1S/C71H119NO8/c1-6-8-10-12-14-16-18-20-22-23-24-25-26-27-28-29-30-31-32-33-34-35-36-37-38-39-40-41-42-43-44-45-46-47-48-50-52-54-56-58-60-62-69(74)80-67(66-79-71(70(75)76)77-64-63-72(3,4)5)65-78-68(73)61-59-57-55-53-51-49-21-19-17-15-13-11-9-7-2/h8,10,14,16,20,22,24-25,27-28,30-31,33-34,36-37,39-40,42-43,67,71H,6-7,9,11-13,15,17-19,21,23,26,29,32,35,38,41,44-66H2,1-5H3/b10-8-,16-14-,22-20-,25-24-,28-27-,31-30-,34-33-,37-36-,40-39-,43-42-. The van der Waals surface area contributed by atoms with Crippen molar-refractivity contribution in [2.75, 3.05) is 47.5 Å². The summed E-state index contributed by atoms with van der Waals surface area (Å²) in [5.41, 5.74) is 0.